The molecular formula is C19H25N3O3. The van der Waals surface area contributed by atoms with Crippen LogP contribution in [0.15, 0.2) is 28.8 Å². The van der Waals surface area contributed by atoms with Gasteiger partial charge in [-0.25, -0.2) is 0 Å². The van der Waals surface area contributed by atoms with Gasteiger partial charge in [0.2, 0.25) is 0 Å². The quantitative estimate of drug-likeness (QED) is 0.904. The summed E-state index contributed by atoms with van der Waals surface area (Å²) in [5.41, 5.74) is 2.46. The van der Waals surface area contributed by atoms with E-state index in [9.17, 15) is 4.79 Å². The summed E-state index contributed by atoms with van der Waals surface area (Å²) >= 11 is 0. The van der Waals surface area contributed by atoms with Gasteiger partial charge in [0.15, 0.2) is 0 Å². The van der Waals surface area contributed by atoms with Gasteiger partial charge in [0.05, 0.1) is 11.3 Å². The van der Waals surface area contributed by atoms with Gasteiger partial charge in [-0.2, -0.15) is 0 Å². The van der Waals surface area contributed by atoms with Crippen LogP contribution in [0.5, 0.6) is 5.75 Å². The van der Waals surface area contributed by atoms with Crippen LogP contribution in [0, 0.1) is 13.8 Å². The Morgan fingerprint density at radius 2 is 1.96 bits per heavy atom. The minimum atomic E-state index is -0.0215. The number of likely N-dealkylation sites (tertiary alicyclic amines) is 1. The van der Waals surface area contributed by atoms with Gasteiger partial charge in [0.25, 0.3) is 5.91 Å². The predicted molar refractivity (Wildman–Crippen MR) is 94.7 cm³/mol. The van der Waals surface area contributed by atoms with Crippen molar-refractivity contribution in [3.8, 4) is 5.75 Å². The van der Waals surface area contributed by atoms with E-state index < -0.39 is 0 Å². The molecular weight excluding hydrogens is 318 g/mol. The topological polar surface area (TPSA) is 67.6 Å². The first-order valence-electron chi connectivity index (χ1n) is 8.67. The van der Waals surface area contributed by atoms with Crippen molar-refractivity contribution in [2.24, 2.45) is 0 Å². The van der Waals surface area contributed by atoms with Crippen LogP contribution in [-0.2, 0) is 6.61 Å². The summed E-state index contributed by atoms with van der Waals surface area (Å²) in [7, 11) is 2.11. The maximum absolute atomic E-state index is 12.4. The minimum absolute atomic E-state index is 0.0215. The summed E-state index contributed by atoms with van der Waals surface area (Å²) in [6.07, 6.45) is 2.00. The van der Waals surface area contributed by atoms with Gasteiger partial charge in [-0.1, -0.05) is 5.16 Å². The molecule has 1 aromatic heterocycles. The highest BCUT2D eigenvalue weighted by molar-refractivity contribution is 5.94. The molecule has 134 valence electrons. The van der Waals surface area contributed by atoms with Gasteiger partial charge in [0, 0.05) is 11.6 Å². The Morgan fingerprint density at radius 3 is 2.56 bits per heavy atom. The molecule has 25 heavy (non-hydrogen) atoms. The highest BCUT2D eigenvalue weighted by Crippen LogP contribution is 2.18. The van der Waals surface area contributed by atoms with E-state index in [1.807, 2.05) is 26.0 Å². The molecule has 0 aliphatic carbocycles. The largest absolute Gasteiger partial charge is 0.489 e. The molecule has 6 nitrogen and oxygen atoms in total. The van der Waals surface area contributed by atoms with E-state index in [2.05, 4.69) is 22.4 Å². The minimum Gasteiger partial charge on any atom is -0.489 e. The second-order valence-corrected chi connectivity index (χ2v) is 6.67. The molecule has 1 saturated heterocycles. The molecule has 2 aromatic rings. The Labute approximate surface area is 148 Å². The Balaban J connectivity index is 1.54. The van der Waals surface area contributed by atoms with Crippen LogP contribution in [-0.4, -0.2) is 42.1 Å². The fourth-order valence-electron chi connectivity index (χ4n) is 2.99. The third-order valence-electron chi connectivity index (χ3n) is 4.73. The van der Waals surface area contributed by atoms with Crippen molar-refractivity contribution in [2.75, 3.05) is 20.1 Å². The first-order valence-corrected chi connectivity index (χ1v) is 8.67. The van der Waals surface area contributed by atoms with E-state index in [0.717, 1.165) is 48.7 Å². The number of carbonyl (C=O) groups is 1. The summed E-state index contributed by atoms with van der Waals surface area (Å²) < 4.78 is 10.9. The van der Waals surface area contributed by atoms with E-state index in [-0.39, 0.29) is 11.9 Å². The zero-order chi connectivity index (χ0) is 17.8. The van der Waals surface area contributed by atoms with Crippen molar-refractivity contribution in [1.82, 2.24) is 15.4 Å². The SMILES string of the molecule is Cc1noc(C)c1COc1ccc(C(=O)NC2CCN(C)CC2)cc1. The van der Waals surface area contributed by atoms with Crippen LogP contribution in [0.3, 0.4) is 0 Å². The maximum Gasteiger partial charge on any atom is 0.251 e. The van der Waals surface area contributed by atoms with Crippen molar-refractivity contribution in [1.29, 1.82) is 0 Å². The predicted octanol–water partition coefficient (Wildman–Crippen LogP) is 2.69. The normalized spacial score (nSPS) is 16.0. The molecule has 0 bridgehead atoms. The third-order valence-corrected chi connectivity index (χ3v) is 4.73. The molecule has 0 spiro atoms. The van der Waals surface area contributed by atoms with Crippen molar-refractivity contribution in [3.05, 3.63) is 46.8 Å². The lowest BCUT2D eigenvalue weighted by Gasteiger charge is -2.29. The summed E-state index contributed by atoms with van der Waals surface area (Å²) in [5, 5.41) is 7.03. The Hall–Kier alpha value is -2.34. The standard InChI is InChI=1S/C19H25N3O3/c1-13-18(14(2)25-21-13)12-24-17-6-4-15(5-7-17)19(23)20-16-8-10-22(3)11-9-16/h4-7,16H,8-12H2,1-3H3,(H,20,23). The maximum atomic E-state index is 12.4. The zero-order valence-corrected chi connectivity index (χ0v) is 15.0. The van der Waals surface area contributed by atoms with Gasteiger partial charge in [-0.05, 0) is 71.1 Å². The second-order valence-electron chi connectivity index (χ2n) is 6.67. The summed E-state index contributed by atoms with van der Waals surface area (Å²) in [6, 6.07) is 7.50. The number of benzene rings is 1. The lowest BCUT2D eigenvalue weighted by atomic mass is 10.0. The molecule has 1 aliphatic heterocycles. The van der Waals surface area contributed by atoms with E-state index in [1.165, 1.54) is 0 Å². The van der Waals surface area contributed by atoms with E-state index in [0.29, 0.717) is 12.2 Å². The average Bonchev–Trinajstić information content (AvgIpc) is 2.93. The number of nitrogens with zero attached hydrogens (tertiary/aromatic N) is 2. The van der Waals surface area contributed by atoms with Crippen molar-refractivity contribution < 1.29 is 14.1 Å². The Morgan fingerprint density at radius 1 is 1.28 bits per heavy atom. The molecule has 1 aromatic carbocycles. The van der Waals surface area contributed by atoms with Crippen LogP contribution in [0.1, 0.15) is 40.2 Å². The number of hydrogen-bond acceptors (Lipinski definition) is 5. The molecule has 1 amide bonds. The number of carbonyl (C=O) groups excluding carboxylic acids is 1. The van der Waals surface area contributed by atoms with Crippen LogP contribution in [0.4, 0.5) is 0 Å². The van der Waals surface area contributed by atoms with Gasteiger partial charge in [-0.3, -0.25) is 4.79 Å². The Kier molecular flexibility index (Phi) is 5.38. The molecule has 0 atom stereocenters. The molecule has 6 heteroatoms. The Bertz CT molecular complexity index is 697. The number of aromatic nitrogens is 1. The molecule has 1 aliphatic rings. The van der Waals surface area contributed by atoms with Crippen molar-refractivity contribution in [3.63, 3.8) is 0 Å². The monoisotopic (exact) mass is 343 g/mol. The molecule has 3 rings (SSSR count). The zero-order valence-electron chi connectivity index (χ0n) is 15.0. The van der Waals surface area contributed by atoms with Crippen LogP contribution in [0.25, 0.3) is 0 Å². The molecule has 0 unspecified atom stereocenters. The first kappa shape index (κ1) is 17.5. The number of aryl methyl sites for hydroxylation is 2. The fraction of sp³-hybridized carbons (Fsp3) is 0.474. The summed E-state index contributed by atoms with van der Waals surface area (Å²) in [6.45, 7) is 6.22. The van der Waals surface area contributed by atoms with Crippen molar-refractivity contribution in [2.45, 2.75) is 39.3 Å². The summed E-state index contributed by atoms with van der Waals surface area (Å²) in [4.78, 5) is 14.6. The highest BCUT2D eigenvalue weighted by atomic mass is 16.5. The van der Waals surface area contributed by atoms with Crippen molar-refractivity contribution >= 4 is 5.91 Å². The van der Waals surface area contributed by atoms with E-state index in [1.54, 1.807) is 12.1 Å². The third kappa shape index (κ3) is 4.39. The smallest absolute Gasteiger partial charge is 0.251 e. The average molecular weight is 343 g/mol. The van der Waals surface area contributed by atoms with Crippen LogP contribution in [0.2, 0.25) is 0 Å². The molecule has 0 radical (unpaired) electrons. The van der Waals surface area contributed by atoms with E-state index in [4.69, 9.17) is 9.26 Å². The molecule has 2 heterocycles. The lowest BCUT2D eigenvalue weighted by molar-refractivity contribution is 0.0917. The second kappa shape index (κ2) is 7.70. The number of amides is 1. The number of hydrogen-bond donors (Lipinski definition) is 1. The first-order chi connectivity index (χ1) is 12.0. The van der Waals surface area contributed by atoms with Gasteiger partial charge >= 0.3 is 0 Å². The van der Waals surface area contributed by atoms with Gasteiger partial charge in [-0.15, -0.1) is 0 Å². The summed E-state index contributed by atoms with van der Waals surface area (Å²) in [5.74, 6) is 1.47. The molecule has 1 N–H and O–H groups in total. The van der Waals surface area contributed by atoms with Gasteiger partial charge in [0.1, 0.15) is 18.1 Å². The number of nitrogens with one attached hydrogen (secondary N) is 1. The number of rotatable bonds is 5. The molecule has 0 saturated carbocycles. The fourth-order valence-corrected chi connectivity index (χ4v) is 2.99. The molecule has 1 fully saturated rings. The lowest BCUT2D eigenvalue weighted by Crippen LogP contribution is -2.43. The number of ether oxygens (including phenoxy) is 1. The van der Waals surface area contributed by atoms with Gasteiger partial charge < -0.3 is 19.5 Å². The number of piperidine rings is 1. The van der Waals surface area contributed by atoms with E-state index >= 15 is 0 Å². The highest BCUT2D eigenvalue weighted by Gasteiger charge is 2.19. The van der Waals surface area contributed by atoms with Crippen LogP contribution < -0.4 is 10.1 Å². The van der Waals surface area contributed by atoms with Crippen LogP contribution >= 0.6 is 0 Å².